The molecule has 1 saturated carbocycles. The van der Waals surface area contributed by atoms with E-state index in [-0.39, 0.29) is 11.2 Å². The van der Waals surface area contributed by atoms with Crippen LogP contribution in [-0.4, -0.2) is 15.8 Å². The molecule has 2 aliphatic rings. The zero-order valence-corrected chi connectivity index (χ0v) is 11.3. The molecular weight excluding hydrogens is 248 g/mol. The second-order valence-electron chi connectivity index (χ2n) is 5.78. The molecule has 1 aromatic carbocycles. The van der Waals surface area contributed by atoms with Crippen LogP contribution in [0.4, 0.5) is 0 Å². The van der Waals surface area contributed by atoms with Gasteiger partial charge in [-0.2, -0.15) is 0 Å². The van der Waals surface area contributed by atoms with E-state index in [1.807, 2.05) is 6.07 Å². The van der Waals surface area contributed by atoms with Crippen molar-refractivity contribution in [2.24, 2.45) is 0 Å². The van der Waals surface area contributed by atoms with Gasteiger partial charge in [0.15, 0.2) is 5.78 Å². The molecule has 0 N–H and O–H groups in total. The van der Waals surface area contributed by atoms with Gasteiger partial charge in [0.2, 0.25) is 0 Å². The summed E-state index contributed by atoms with van der Waals surface area (Å²) in [6, 6.07) is 10.5. The van der Waals surface area contributed by atoms with Gasteiger partial charge in [-0.3, -0.25) is 4.79 Å². The molecule has 3 nitrogen and oxygen atoms in total. The summed E-state index contributed by atoms with van der Waals surface area (Å²) < 4.78 is 0. The van der Waals surface area contributed by atoms with Gasteiger partial charge in [0.1, 0.15) is 5.82 Å². The molecule has 0 atom stereocenters. The molecule has 1 heterocycles. The fraction of sp³-hybridized carbons (Fsp3) is 0.353. The quantitative estimate of drug-likeness (QED) is 0.837. The number of aromatic nitrogens is 2. The molecule has 3 heteroatoms. The van der Waals surface area contributed by atoms with Crippen LogP contribution in [0.1, 0.15) is 53.1 Å². The molecule has 0 radical (unpaired) electrons. The second kappa shape index (κ2) is 4.23. The van der Waals surface area contributed by atoms with Crippen LogP contribution in [0, 0.1) is 0 Å². The average Bonchev–Trinajstić information content (AvgIpc) is 3.30. The molecule has 100 valence electrons. The average molecular weight is 264 g/mol. The van der Waals surface area contributed by atoms with E-state index >= 15 is 0 Å². The van der Waals surface area contributed by atoms with Crippen molar-refractivity contribution < 1.29 is 4.79 Å². The van der Waals surface area contributed by atoms with Crippen molar-refractivity contribution in [2.45, 2.75) is 37.5 Å². The van der Waals surface area contributed by atoms with Crippen molar-refractivity contribution in [1.82, 2.24) is 9.97 Å². The smallest absolute Gasteiger partial charge is 0.166 e. The summed E-state index contributed by atoms with van der Waals surface area (Å²) in [6.45, 7) is 0. The third kappa shape index (κ3) is 1.69. The second-order valence-corrected chi connectivity index (χ2v) is 5.78. The lowest BCUT2D eigenvalue weighted by Crippen LogP contribution is -2.19. The maximum absolute atomic E-state index is 11.9. The van der Waals surface area contributed by atoms with Crippen LogP contribution in [0.15, 0.2) is 36.5 Å². The van der Waals surface area contributed by atoms with Gasteiger partial charge in [0, 0.05) is 12.6 Å². The summed E-state index contributed by atoms with van der Waals surface area (Å²) in [6.07, 6.45) is 6.41. The molecule has 0 aliphatic heterocycles. The standard InChI is InChI=1S/C17H16N2O/c20-15-8-4-7-14-13(15)11-18-16(19-14)17(9-10-17)12-5-2-1-3-6-12/h1-3,5-6,11H,4,7-10H2. The summed E-state index contributed by atoms with van der Waals surface area (Å²) in [5, 5.41) is 0. The maximum Gasteiger partial charge on any atom is 0.166 e. The van der Waals surface area contributed by atoms with Gasteiger partial charge < -0.3 is 0 Å². The number of Topliss-reactive ketones (excluding diaryl/α,β-unsaturated/α-hetero) is 1. The van der Waals surface area contributed by atoms with E-state index in [4.69, 9.17) is 4.98 Å². The highest BCUT2D eigenvalue weighted by atomic mass is 16.1. The van der Waals surface area contributed by atoms with Gasteiger partial charge in [-0.25, -0.2) is 9.97 Å². The molecule has 0 bridgehead atoms. The number of rotatable bonds is 2. The Balaban J connectivity index is 1.78. The van der Waals surface area contributed by atoms with Gasteiger partial charge in [0.05, 0.1) is 16.7 Å². The third-order valence-corrected chi connectivity index (χ3v) is 4.49. The number of carbonyl (C=O) groups is 1. The highest BCUT2D eigenvalue weighted by Crippen LogP contribution is 2.52. The van der Waals surface area contributed by atoms with Crippen molar-refractivity contribution in [3.63, 3.8) is 0 Å². The van der Waals surface area contributed by atoms with Crippen LogP contribution in [0.5, 0.6) is 0 Å². The number of ketones is 1. The van der Waals surface area contributed by atoms with Crippen LogP contribution in [0.25, 0.3) is 0 Å². The van der Waals surface area contributed by atoms with Crippen LogP contribution >= 0.6 is 0 Å². The summed E-state index contributed by atoms with van der Waals surface area (Å²) in [5.74, 6) is 1.10. The van der Waals surface area contributed by atoms with E-state index < -0.39 is 0 Å². The molecule has 0 spiro atoms. The Morgan fingerprint density at radius 3 is 2.60 bits per heavy atom. The maximum atomic E-state index is 11.9. The fourth-order valence-electron chi connectivity index (χ4n) is 3.15. The highest BCUT2D eigenvalue weighted by Gasteiger charge is 2.48. The molecule has 20 heavy (non-hydrogen) atoms. The monoisotopic (exact) mass is 264 g/mol. The van der Waals surface area contributed by atoms with Crippen LogP contribution in [0.3, 0.4) is 0 Å². The number of nitrogens with zero attached hydrogens (tertiary/aromatic N) is 2. The third-order valence-electron chi connectivity index (χ3n) is 4.49. The fourth-order valence-corrected chi connectivity index (χ4v) is 3.15. The van der Waals surface area contributed by atoms with E-state index in [1.54, 1.807) is 6.20 Å². The summed E-state index contributed by atoms with van der Waals surface area (Å²) >= 11 is 0. The molecule has 1 aromatic heterocycles. The number of aryl methyl sites for hydroxylation is 1. The highest BCUT2D eigenvalue weighted by molar-refractivity contribution is 5.97. The summed E-state index contributed by atoms with van der Waals surface area (Å²) in [5.41, 5.74) is 2.98. The lowest BCUT2D eigenvalue weighted by molar-refractivity contribution is 0.0971. The van der Waals surface area contributed by atoms with Crippen molar-refractivity contribution in [1.29, 1.82) is 0 Å². The van der Waals surface area contributed by atoms with Crippen molar-refractivity contribution in [3.8, 4) is 0 Å². The molecule has 2 aliphatic carbocycles. The van der Waals surface area contributed by atoms with E-state index in [0.717, 1.165) is 42.8 Å². The van der Waals surface area contributed by atoms with Gasteiger partial charge in [-0.1, -0.05) is 30.3 Å². The Hall–Kier alpha value is -2.03. The Kier molecular flexibility index (Phi) is 2.49. The predicted octanol–water partition coefficient (Wildman–Crippen LogP) is 3.08. The molecule has 0 amide bonds. The SMILES string of the molecule is O=C1CCCc2nc(C3(c4ccccc4)CC3)ncc21. The topological polar surface area (TPSA) is 42.9 Å². The van der Waals surface area contributed by atoms with Gasteiger partial charge in [-0.15, -0.1) is 0 Å². The molecule has 0 saturated heterocycles. The molecule has 4 rings (SSSR count). The zero-order chi connectivity index (χ0) is 13.6. The molecule has 1 fully saturated rings. The summed E-state index contributed by atoms with van der Waals surface area (Å²) in [4.78, 5) is 21.1. The number of hydrogen-bond donors (Lipinski definition) is 0. The first kappa shape index (κ1) is 11.8. The number of carbonyl (C=O) groups excluding carboxylic acids is 1. The number of fused-ring (bicyclic) bond motifs is 1. The number of hydrogen-bond acceptors (Lipinski definition) is 3. The van der Waals surface area contributed by atoms with Crippen LogP contribution in [0.2, 0.25) is 0 Å². The van der Waals surface area contributed by atoms with Crippen LogP contribution in [-0.2, 0) is 11.8 Å². The molecule has 0 unspecified atom stereocenters. The van der Waals surface area contributed by atoms with Crippen molar-refractivity contribution in [2.75, 3.05) is 0 Å². The van der Waals surface area contributed by atoms with Crippen molar-refractivity contribution >= 4 is 5.78 Å². The van der Waals surface area contributed by atoms with E-state index in [0.29, 0.717) is 6.42 Å². The van der Waals surface area contributed by atoms with E-state index in [9.17, 15) is 4.79 Å². The van der Waals surface area contributed by atoms with Gasteiger partial charge in [-0.05, 0) is 31.2 Å². The Labute approximate surface area is 118 Å². The Morgan fingerprint density at radius 2 is 1.85 bits per heavy atom. The normalized spacial score (nSPS) is 19.5. The van der Waals surface area contributed by atoms with Gasteiger partial charge >= 0.3 is 0 Å². The van der Waals surface area contributed by atoms with Gasteiger partial charge in [0.25, 0.3) is 0 Å². The Bertz CT molecular complexity index is 675. The minimum Gasteiger partial charge on any atom is -0.294 e. The van der Waals surface area contributed by atoms with E-state index in [1.165, 1.54) is 5.56 Å². The first-order valence-corrected chi connectivity index (χ1v) is 7.25. The molecular formula is C17H16N2O. The lowest BCUT2D eigenvalue weighted by Gasteiger charge is -2.18. The lowest BCUT2D eigenvalue weighted by atomic mass is 9.92. The number of benzene rings is 1. The van der Waals surface area contributed by atoms with Crippen molar-refractivity contribution in [3.05, 3.63) is 59.2 Å². The zero-order valence-electron chi connectivity index (χ0n) is 11.3. The summed E-state index contributed by atoms with van der Waals surface area (Å²) in [7, 11) is 0. The minimum absolute atomic E-state index is 0.00319. The van der Waals surface area contributed by atoms with E-state index in [2.05, 4.69) is 29.2 Å². The largest absolute Gasteiger partial charge is 0.294 e. The van der Waals surface area contributed by atoms with Crippen LogP contribution < -0.4 is 0 Å². The first-order valence-electron chi connectivity index (χ1n) is 7.25. The Morgan fingerprint density at radius 1 is 1.05 bits per heavy atom. The minimum atomic E-state index is -0.00319. The first-order chi connectivity index (χ1) is 9.79. The predicted molar refractivity (Wildman–Crippen MR) is 75.8 cm³/mol. The molecule has 2 aromatic rings.